The van der Waals surface area contributed by atoms with Crippen LogP contribution in [0, 0.1) is 5.82 Å². The van der Waals surface area contributed by atoms with Gasteiger partial charge in [0.1, 0.15) is 11.6 Å². The second-order valence-electron chi connectivity index (χ2n) is 5.81. The maximum atomic E-state index is 12.9. The van der Waals surface area contributed by atoms with Gasteiger partial charge in [0, 0.05) is 37.4 Å². The number of halogens is 1. The fraction of sp³-hybridized carbons (Fsp3) is 0.263. The number of ketones is 1. The number of Topliss-reactive ketones (excluding diaryl/α,β-unsaturated/α-hetero) is 1. The van der Waals surface area contributed by atoms with E-state index in [1.807, 2.05) is 24.3 Å². The summed E-state index contributed by atoms with van der Waals surface area (Å²) < 4.78 is 18.1. The lowest BCUT2D eigenvalue weighted by Crippen LogP contribution is -2.50. The van der Waals surface area contributed by atoms with E-state index in [2.05, 4.69) is 4.90 Å². The molecular weight excluding hydrogens is 323 g/mol. The van der Waals surface area contributed by atoms with Crippen molar-refractivity contribution in [3.63, 3.8) is 0 Å². The van der Waals surface area contributed by atoms with Crippen LogP contribution in [0.5, 0.6) is 5.75 Å². The van der Waals surface area contributed by atoms with E-state index in [0.29, 0.717) is 26.2 Å². The fourth-order valence-corrected chi connectivity index (χ4v) is 2.83. The Morgan fingerprint density at radius 1 is 0.920 bits per heavy atom. The predicted molar refractivity (Wildman–Crippen MR) is 92.5 cm³/mol. The molecule has 0 aliphatic carbocycles. The number of ether oxygens (including phenoxy) is 1. The second-order valence-corrected chi connectivity index (χ2v) is 5.81. The summed E-state index contributed by atoms with van der Waals surface area (Å²) in [5.41, 5.74) is 1.27. The molecule has 0 saturated carbocycles. The van der Waals surface area contributed by atoms with E-state index in [1.165, 1.54) is 24.3 Å². The number of carbonyl (C=O) groups excluding carboxylic acids is 2. The Labute approximate surface area is 145 Å². The van der Waals surface area contributed by atoms with E-state index in [-0.39, 0.29) is 5.56 Å². The molecule has 0 bridgehead atoms. The van der Waals surface area contributed by atoms with Gasteiger partial charge in [0.2, 0.25) is 5.78 Å². The fourth-order valence-electron chi connectivity index (χ4n) is 2.83. The first-order valence-corrected chi connectivity index (χ1v) is 8.06. The molecule has 1 heterocycles. The first-order valence-electron chi connectivity index (χ1n) is 8.06. The average molecular weight is 342 g/mol. The standard InChI is InChI=1S/C19H19FN2O3/c1-25-17-8-6-16(7-9-17)21-10-12-22(13-11-21)19(24)18(23)14-2-4-15(20)5-3-14/h2-9H,10-13H2,1H3. The number of hydrogen-bond acceptors (Lipinski definition) is 4. The second kappa shape index (κ2) is 7.34. The van der Waals surface area contributed by atoms with Gasteiger partial charge in [-0.3, -0.25) is 9.59 Å². The van der Waals surface area contributed by atoms with Crippen molar-refractivity contribution >= 4 is 17.4 Å². The molecule has 2 aromatic carbocycles. The van der Waals surface area contributed by atoms with Gasteiger partial charge in [0.05, 0.1) is 7.11 Å². The van der Waals surface area contributed by atoms with Crippen molar-refractivity contribution < 1.29 is 18.7 Å². The maximum Gasteiger partial charge on any atom is 0.295 e. The topological polar surface area (TPSA) is 49.9 Å². The first kappa shape index (κ1) is 17.0. The molecule has 1 aliphatic heterocycles. The van der Waals surface area contributed by atoms with Crippen molar-refractivity contribution in [2.24, 2.45) is 0 Å². The lowest BCUT2D eigenvalue weighted by Gasteiger charge is -2.35. The van der Waals surface area contributed by atoms with Crippen LogP contribution >= 0.6 is 0 Å². The summed E-state index contributed by atoms with van der Waals surface area (Å²) in [6, 6.07) is 12.8. The van der Waals surface area contributed by atoms with Crippen LogP contribution in [0.1, 0.15) is 10.4 Å². The van der Waals surface area contributed by atoms with E-state index in [0.717, 1.165) is 11.4 Å². The van der Waals surface area contributed by atoms with Crippen LogP contribution in [0.3, 0.4) is 0 Å². The molecular formula is C19H19FN2O3. The van der Waals surface area contributed by atoms with Gasteiger partial charge in [0.25, 0.3) is 5.91 Å². The molecule has 1 fully saturated rings. The Morgan fingerprint density at radius 2 is 1.52 bits per heavy atom. The van der Waals surface area contributed by atoms with Crippen molar-refractivity contribution in [2.75, 3.05) is 38.2 Å². The lowest BCUT2D eigenvalue weighted by molar-refractivity contribution is -0.126. The number of hydrogen-bond donors (Lipinski definition) is 0. The monoisotopic (exact) mass is 342 g/mol. The van der Waals surface area contributed by atoms with Crippen LogP contribution in [0.25, 0.3) is 0 Å². The van der Waals surface area contributed by atoms with E-state index in [9.17, 15) is 14.0 Å². The highest BCUT2D eigenvalue weighted by Gasteiger charge is 2.26. The van der Waals surface area contributed by atoms with Crippen molar-refractivity contribution in [1.29, 1.82) is 0 Å². The molecule has 25 heavy (non-hydrogen) atoms. The molecule has 0 spiro atoms. The molecule has 1 aliphatic rings. The Bertz CT molecular complexity index is 751. The smallest absolute Gasteiger partial charge is 0.295 e. The SMILES string of the molecule is COc1ccc(N2CCN(C(=O)C(=O)c3ccc(F)cc3)CC2)cc1. The summed E-state index contributed by atoms with van der Waals surface area (Å²) in [4.78, 5) is 28.3. The normalized spacial score (nSPS) is 14.3. The molecule has 1 saturated heterocycles. The van der Waals surface area contributed by atoms with Crippen molar-refractivity contribution in [1.82, 2.24) is 4.90 Å². The van der Waals surface area contributed by atoms with E-state index < -0.39 is 17.5 Å². The maximum absolute atomic E-state index is 12.9. The zero-order chi connectivity index (χ0) is 17.8. The molecule has 3 rings (SSSR count). The summed E-state index contributed by atoms with van der Waals surface area (Å²) >= 11 is 0. The van der Waals surface area contributed by atoms with Gasteiger partial charge in [-0.05, 0) is 48.5 Å². The average Bonchev–Trinajstić information content (AvgIpc) is 2.67. The summed E-state index contributed by atoms with van der Waals surface area (Å²) in [7, 11) is 1.62. The number of amides is 1. The lowest BCUT2D eigenvalue weighted by atomic mass is 10.1. The highest BCUT2D eigenvalue weighted by atomic mass is 19.1. The van der Waals surface area contributed by atoms with Crippen LogP contribution in [0.4, 0.5) is 10.1 Å². The number of carbonyl (C=O) groups is 2. The summed E-state index contributed by atoms with van der Waals surface area (Å²) in [5.74, 6) is -0.779. The third kappa shape index (κ3) is 3.79. The van der Waals surface area contributed by atoms with Gasteiger partial charge in [-0.15, -0.1) is 0 Å². The van der Waals surface area contributed by atoms with E-state index in [4.69, 9.17) is 4.74 Å². The van der Waals surface area contributed by atoms with Crippen molar-refractivity contribution in [3.8, 4) is 5.75 Å². The number of piperazine rings is 1. The minimum atomic E-state index is -0.599. The quantitative estimate of drug-likeness (QED) is 0.632. The third-order valence-corrected chi connectivity index (χ3v) is 4.31. The van der Waals surface area contributed by atoms with Gasteiger partial charge in [-0.2, -0.15) is 0 Å². The Kier molecular flexibility index (Phi) is 4.97. The minimum absolute atomic E-state index is 0.212. The van der Waals surface area contributed by atoms with Gasteiger partial charge in [-0.25, -0.2) is 4.39 Å². The molecule has 5 nitrogen and oxygen atoms in total. The molecule has 130 valence electrons. The minimum Gasteiger partial charge on any atom is -0.497 e. The van der Waals surface area contributed by atoms with Crippen LogP contribution in [0.15, 0.2) is 48.5 Å². The van der Waals surface area contributed by atoms with Crippen LogP contribution in [0.2, 0.25) is 0 Å². The number of benzene rings is 2. The number of anilines is 1. The Balaban J connectivity index is 1.60. The third-order valence-electron chi connectivity index (χ3n) is 4.31. The molecule has 0 aromatic heterocycles. The Morgan fingerprint density at radius 3 is 2.08 bits per heavy atom. The van der Waals surface area contributed by atoms with Crippen molar-refractivity contribution in [3.05, 3.63) is 59.9 Å². The first-order chi connectivity index (χ1) is 12.1. The number of rotatable bonds is 4. The van der Waals surface area contributed by atoms with Gasteiger partial charge < -0.3 is 14.5 Å². The summed E-state index contributed by atoms with van der Waals surface area (Å²) in [6.07, 6.45) is 0. The Hall–Kier alpha value is -2.89. The van der Waals surface area contributed by atoms with Gasteiger partial charge in [-0.1, -0.05) is 0 Å². The summed E-state index contributed by atoms with van der Waals surface area (Å²) in [5, 5.41) is 0. The number of methoxy groups -OCH3 is 1. The summed E-state index contributed by atoms with van der Waals surface area (Å²) in [6.45, 7) is 2.24. The zero-order valence-electron chi connectivity index (χ0n) is 13.9. The van der Waals surface area contributed by atoms with Crippen LogP contribution in [-0.4, -0.2) is 49.9 Å². The van der Waals surface area contributed by atoms with Crippen molar-refractivity contribution in [2.45, 2.75) is 0 Å². The van der Waals surface area contributed by atoms with E-state index >= 15 is 0 Å². The number of nitrogens with zero attached hydrogens (tertiary/aromatic N) is 2. The highest BCUT2D eigenvalue weighted by Crippen LogP contribution is 2.20. The molecule has 0 unspecified atom stereocenters. The van der Waals surface area contributed by atoms with Gasteiger partial charge in [0.15, 0.2) is 0 Å². The molecule has 1 amide bonds. The molecule has 0 atom stereocenters. The zero-order valence-corrected chi connectivity index (χ0v) is 13.9. The molecule has 6 heteroatoms. The van der Waals surface area contributed by atoms with Crippen LogP contribution in [-0.2, 0) is 4.79 Å². The molecule has 2 aromatic rings. The van der Waals surface area contributed by atoms with Gasteiger partial charge >= 0.3 is 0 Å². The highest BCUT2D eigenvalue weighted by molar-refractivity contribution is 6.42. The largest absolute Gasteiger partial charge is 0.497 e. The molecule has 0 radical (unpaired) electrons. The van der Waals surface area contributed by atoms with E-state index in [1.54, 1.807) is 12.0 Å². The van der Waals surface area contributed by atoms with Crippen LogP contribution < -0.4 is 9.64 Å². The molecule has 0 N–H and O–H groups in total. The predicted octanol–water partition coefficient (Wildman–Crippen LogP) is 2.37.